The van der Waals surface area contributed by atoms with Crippen LogP contribution in [0.25, 0.3) is 0 Å². The summed E-state index contributed by atoms with van der Waals surface area (Å²) in [6.07, 6.45) is 4.28. The molecule has 0 heterocycles. The highest BCUT2D eigenvalue weighted by Crippen LogP contribution is 2.42. The minimum Gasteiger partial charge on any atom is -0.467 e. The van der Waals surface area contributed by atoms with Crippen LogP contribution in [0.5, 0.6) is 0 Å². The number of carbonyl (C=O) groups excluding carboxylic acids is 1. The Bertz CT molecular complexity index is 1250. The normalized spacial score (nSPS) is 22.2. The van der Waals surface area contributed by atoms with Crippen molar-refractivity contribution in [2.45, 2.75) is 90.6 Å². The highest BCUT2D eigenvalue weighted by Gasteiger charge is 2.52. The van der Waals surface area contributed by atoms with E-state index in [1.807, 2.05) is 31.2 Å². The number of esters is 1. The van der Waals surface area contributed by atoms with Crippen LogP contribution < -0.4 is 10.4 Å². The molecule has 1 N–H and O–H groups in total. The molecule has 236 valence electrons. The van der Waals surface area contributed by atoms with Crippen LogP contribution in [0.1, 0.15) is 61.8 Å². The first-order valence-corrected chi connectivity index (χ1v) is 20.3. The van der Waals surface area contributed by atoms with E-state index < -0.39 is 34.1 Å². The third-order valence-corrected chi connectivity index (χ3v) is 19.0. The molecule has 0 amide bonds. The zero-order valence-corrected chi connectivity index (χ0v) is 30.3. The number of methoxy groups -OCH3 is 1. The molecule has 43 heavy (non-hydrogen) atoms. The van der Waals surface area contributed by atoms with Gasteiger partial charge in [-0.15, -0.1) is 0 Å². The van der Waals surface area contributed by atoms with E-state index in [1.54, 1.807) is 0 Å². The average Bonchev–Trinajstić information content (AvgIpc) is 2.93. The largest absolute Gasteiger partial charge is 0.467 e. The lowest BCUT2D eigenvalue weighted by Crippen LogP contribution is -2.66. The van der Waals surface area contributed by atoms with Gasteiger partial charge in [0.05, 0.1) is 20.3 Å². The van der Waals surface area contributed by atoms with E-state index in [4.69, 9.17) is 13.6 Å². The fourth-order valence-corrected chi connectivity index (χ4v) is 11.4. The quantitative estimate of drug-likeness (QED) is 0.175. The summed E-state index contributed by atoms with van der Waals surface area (Å²) < 4.78 is 18.8. The fraction of sp³-hybridized carbons (Fsp3) is 0.528. The number of benzene rings is 2. The van der Waals surface area contributed by atoms with Crippen molar-refractivity contribution in [2.75, 3.05) is 20.3 Å². The lowest BCUT2D eigenvalue weighted by Gasteiger charge is -2.44. The second-order valence-electron chi connectivity index (χ2n) is 14.8. The molecule has 5 nitrogen and oxygen atoms in total. The van der Waals surface area contributed by atoms with Crippen LogP contribution in [-0.4, -0.2) is 53.6 Å². The molecule has 0 aromatic heterocycles. The molecule has 0 radical (unpaired) electrons. The summed E-state index contributed by atoms with van der Waals surface area (Å²) >= 11 is 0. The summed E-state index contributed by atoms with van der Waals surface area (Å²) in [6.45, 7) is 22.9. The van der Waals surface area contributed by atoms with Crippen LogP contribution in [0.2, 0.25) is 23.2 Å². The van der Waals surface area contributed by atoms with Crippen molar-refractivity contribution < 1.29 is 23.5 Å². The fourth-order valence-electron chi connectivity index (χ4n) is 5.86. The van der Waals surface area contributed by atoms with Gasteiger partial charge in [0.15, 0.2) is 13.9 Å². The van der Waals surface area contributed by atoms with E-state index in [2.05, 4.69) is 110 Å². The Kier molecular flexibility index (Phi) is 10.9. The topological polar surface area (TPSA) is 65.0 Å². The Morgan fingerprint density at radius 1 is 0.930 bits per heavy atom. The van der Waals surface area contributed by atoms with Crippen LogP contribution in [0, 0.1) is 11.8 Å². The number of hydrogen-bond acceptors (Lipinski definition) is 5. The van der Waals surface area contributed by atoms with E-state index in [1.165, 1.54) is 17.5 Å². The van der Waals surface area contributed by atoms with Gasteiger partial charge < -0.3 is 18.7 Å². The first-order chi connectivity index (χ1) is 19.9. The third kappa shape index (κ3) is 7.51. The smallest absolute Gasteiger partial charge is 0.338 e. The Morgan fingerprint density at radius 3 is 1.88 bits per heavy atom. The summed E-state index contributed by atoms with van der Waals surface area (Å²) in [4.78, 5) is 13.0. The zero-order chi connectivity index (χ0) is 32.3. The Balaban J connectivity index is 2.04. The van der Waals surface area contributed by atoms with Crippen molar-refractivity contribution in [3.05, 3.63) is 84.0 Å². The zero-order valence-electron chi connectivity index (χ0n) is 28.3. The van der Waals surface area contributed by atoms with Crippen molar-refractivity contribution in [3.63, 3.8) is 0 Å². The lowest BCUT2D eigenvalue weighted by atomic mass is 9.72. The van der Waals surface area contributed by atoms with Crippen LogP contribution in [0.3, 0.4) is 0 Å². The Labute approximate surface area is 262 Å². The summed E-state index contributed by atoms with van der Waals surface area (Å²) in [5.74, 6) is -1.24. The summed E-state index contributed by atoms with van der Waals surface area (Å²) in [6, 6.07) is 21.2. The van der Waals surface area contributed by atoms with Crippen LogP contribution in [-0.2, 0) is 18.4 Å². The monoisotopic (exact) mass is 622 g/mol. The molecule has 1 aliphatic carbocycles. The van der Waals surface area contributed by atoms with Crippen molar-refractivity contribution >= 4 is 33.0 Å². The summed E-state index contributed by atoms with van der Waals surface area (Å²) in [5.41, 5.74) is 0.406. The first kappa shape index (κ1) is 35.2. The molecular formula is C36H54O5Si2. The van der Waals surface area contributed by atoms with Gasteiger partial charge in [-0.05, 0) is 58.4 Å². The first-order valence-electron chi connectivity index (χ1n) is 15.5. The van der Waals surface area contributed by atoms with Crippen molar-refractivity contribution in [2.24, 2.45) is 11.8 Å². The van der Waals surface area contributed by atoms with Crippen LogP contribution in [0.15, 0.2) is 84.0 Å². The molecule has 0 unspecified atom stereocenters. The predicted octanol–water partition coefficient (Wildman–Crippen LogP) is 7.02. The molecule has 2 aromatic rings. The average molecular weight is 623 g/mol. The van der Waals surface area contributed by atoms with Crippen LogP contribution in [0.4, 0.5) is 0 Å². The highest BCUT2D eigenvalue weighted by atomic mass is 28.4. The number of carbonyl (C=O) groups is 1. The standard InChI is InChI=1S/C36H54O5Si2/c1-27(25-40-42(10,11)34(3,4)5)22-30-23-29(28(2)24-36(30,38)33(37)39-9)26-41-43(35(6,7)8,31-18-14-12-15-19-31)32-20-16-13-17-21-32/h12-23,28,30,38H,24-26H2,1-11H3/b27-22+/t28-,30-,36+/m0/s1. The molecule has 0 aliphatic heterocycles. The van der Waals surface area contributed by atoms with Crippen molar-refractivity contribution in [1.82, 2.24) is 0 Å². The van der Waals surface area contributed by atoms with Gasteiger partial charge in [-0.25, -0.2) is 4.79 Å². The number of rotatable bonds is 10. The van der Waals surface area contributed by atoms with Crippen molar-refractivity contribution in [1.29, 1.82) is 0 Å². The van der Waals surface area contributed by atoms with Gasteiger partial charge >= 0.3 is 5.97 Å². The minimum atomic E-state index is -2.76. The molecule has 3 rings (SSSR count). The molecule has 0 spiro atoms. The SMILES string of the molecule is COC(=O)[C@@]1(O)C[C@H](C)C(CO[Si](c2ccccc2)(c2ccccc2)C(C)(C)C)=C[C@@H]1/C=C(\C)CO[Si](C)(C)C(C)(C)C. The van der Waals surface area contributed by atoms with E-state index >= 15 is 0 Å². The summed E-state index contributed by atoms with van der Waals surface area (Å²) in [7, 11) is -3.39. The Morgan fingerprint density at radius 2 is 1.44 bits per heavy atom. The number of ether oxygens (including phenoxy) is 1. The van der Waals surface area contributed by atoms with E-state index in [0.717, 1.165) is 11.1 Å². The molecule has 1 aliphatic rings. The molecule has 0 saturated heterocycles. The maximum Gasteiger partial charge on any atom is 0.338 e. The molecule has 0 bridgehead atoms. The maximum absolute atomic E-state index is 13.0. The lowest BCUT2D eigenvalue weighted by molar-refractivity contribution is -0.167. The molecule has 0 saturated carbocycles. The number of aliphatic hydroxyl groups is 1. The van der Waals surface area contributed by atoms with Gasteiger partial charge in [0, 0.05) is 5.92 Å². The summed E-state index contributed by atoms with van der Waals surface area (Å²) in [5, 5.41) is 14.2. The Hall–Kier alpha value is -2.30. The minimum absolute atomic E-state index is 0.0734. The molecule has 0 fully saturated rings. The molecule has 3 atom stereocenters. The van der Waals surface area contributed by atoms with Gasteiger partial charge in [-0.3, -0.25) is 0 Å². The second-order valence-corrected chi connectivity index (χ2v) is 23.9. The van der Waals surface area contributed by atoms with Crippen molar-refractivity contribution in [3.8, 4) is 0 Å². The van der Waals surface area contributed by atoms with Gasteiger partial charge in [0.1, 0.15) is 0 Å². The maximum atomic E-state index is 13.0. The van der Waals surface area contributed by atoms with Gasteiger partial charge in [0.2, 0.25) is 0 Å². The molecule has 2 aromatic carbocycles. The third-order valence-electron chi connectivity index (χ3n) is 9.54. The second kappa shape index (κ2) is 13.4. The van der Waals surface area contributed by atoms with Gasteiger partial charge in [-0.2, -0.15) is 0 Å². The predicted molar refractivity (Wildman–Crippen MR) is 183 cm³/mol. The molecule has 7 heteroatoms. The van der Waals surface area contributed by atoms with E-state index in [9.17, 15) is 9.90 Å². The van der Waals surface area contributed by atoms with Gasteiger partial charge in [0.25, 0.3) is 8.32 Å². The van der Waals surface area contributed by atoms with Gasteiger partial charge in [-0.1, -0.05) is 127 Å². The van der Waals surface area contributed by atoms with E-state index in [0.29, 0.717) is 13.2 Å². The number of hydrogen-bond donors (Lipinski definition) is 1. The highest BCUT2D eigenvalue weighted by molar-refractivity contribution is 6.99. The van der Waals surface area contributed by atoms with E-state index in [-0.39, 0.29) is 22.4 Å². The van der Waals surface area contributed by atoms with Crippen LogP contribution >= 0.6 is 0 Å². The molecular weight excluding hydrogens is 569 g/mol.